The lowest BCUT2D eigenvalue weighted by molar-refractivity contribution is -0.137. The van der Waals surface area contributed by atoms with Gasteiger partial charge in [-0.15, -0.1) is 0 Å². The molecular weight excluding hydrogens is 420 g/mol. The van der Waals surface area contributed by atoms with E-state index in [0.717, 1.165) is 24.2 Å². The van der Waals surface area contributed by atoms with Crippen LogP contribution in [0.2, 0.25) is 0 Å². The normalized spacial score (nSPS) is 14.9. The average molecular weight is 447 g/mol. The highest BCUT2D eigenvalue weighted by Gasteiger charge is 2.34. The van der Waals surface area contributed by atoms with Gasteiger partial charge in [-0.25, -0.2) is 4.98 Å². The number of aromatic nitrogens is 2. The molecule has 170 valence electrons. The second-order valence-corrected chi connectivity index (χ2v) is 8.14. The highest BCUT2D eigenvalue weighted by atomic mass is 16.4. The Hall–Kier alpha value is -3.94. The van der Waals surface area contributed by atoms with E-state index in [2.05, 4.69) is 10.3 Å². The van der Waals surface area contributed by atoms with E-state index in [1.54, 1.807) is 42.7 Å². The van der Waals surface area contributed by atoms with Gasteiger partial charge in [-0.3, -0.25) is 19.3 Å². The average Bonchev–Trinajstić information content (AvgIpc) is 3.20. The number of aliphatic carboxylic acids is 1. The standard InChI is InChI=1S/C25H26N4O4/c1-17-14-28(16-27-17)12-6-11-26-23(30)15-29-22-10-5-4-8-19(22)21(13-24(31)32)18-7-2-3-9-20(18)25(29)33/h2-5,7-10,14,16,21H,6,11-13,15H2,1H3,(H,26,30)(H,31,32). The molecule has 3 aromatic rings. The zero-order valence-corrected chi connectivity index (χ0v) is 18.4. The van der Waals surface area contributed by atoms with Crippen LogP contribution in [0.4, 0.5) is 5.69 Å². The number of hydrogen-bond acceptors (Lipinski definition) is 4. The summed E-state index contributed by atoms with van der Waals surface area (Å²) < 4.78 is 1.97. The Kier molecular flexibility index (Phi) is 6.53. The topological polar surface area (TPSA) is 105 Å². The first kappa shape index (κ1) is 22.3. The van der Waals surface area contributed by atoms with E-state index in [4.69, 9.17) is 0 Å². The molecule has 2 amide bonds. The Morgan fingerprint density at radius 2 is 1.82 bits per heavy atom. The second kappa shape index (κ2) is 9.68. The van der Waals surface area contributed by atoms with Crippen LogP contribution < -0.4 is 10.2 Å². The number of nitrogens with one attached hydrogen (secondary N) is 1. The van der Waals surface area contributed by atoms with Crippen molar-refractivity contribution in [2.75, 3.05) is 18.0 Å². The molecule has 2 heterocycles. The molecule has 0 radical (unpaired) electrons. The van der Waals surface area contributed by atoms with Crippen LogP contribution >= 0.6 is 0 Å². The van der Waals surface area contributed by atoms with Gasteiger partial charge in [0.1, 0.15) is 6.54 Å². The fraction of sp³-hybridized carbons (Fsp3) is 0.280. The number of anilines is 1. The predicted octanol–water partition coefficient (Wildman–Crippen LogP) is 2.96. The zero-order valence-electron chi connectivity index (χ0n) is 18.4. The molecular formula is C25H26N4O4. The molecule has 1 aromatic heterocycles. The van der Waals surface area contributed by atoms with Crippen LogP contribution in [0.1, 0.15) is 45.9 Å². The number of amides is 2. The number of aryl methyl sites for hydroxylation is 2. The first-order valence-corrected chi connectivity index (χ1v) is 10.9. The summed E-state index contributed by atoms with van der Waals surface area (Å²) in [5, 5.41) is 12.4. The number of hydrogen-bond donors (Lipinski definition) is 2. The van der Waals surface area contributed by atoms with Gasteiger partial charge in [-0.1, -0.05) is 36.4 Å². The number of imidazole rings is 1. The molecule has 8 heteroatoms. The van der Waals surface area contributed by atoms with E-state index in [-0.39, 0.29) is 24.8 Å². The maximum Gasteiger partial charge on any atom is 0.304 e. The van der Waals surface area contributed by atoms with Crippen molar-refractivity contribution in [1.29, 1.82) is 0 Å². The van der Waals surface area contributed by atoms with Gasteiger partial charge in [-0.2, -0.15) is 0 Å². The maximum atomic E-state index is 13.5. The smallest absolute Gasteiger partial charge is 0.304 e. The molecule has 4 rings (SSSR count). The Morgan fingerprint density at radius 3 is 2.55 bits per heavy atom. The minimum atomic E-state index is -0.948. The minimum Gasteiger partial charge on any atom is -0.481 e. The first-order chi connectivity index (χ1) is 15.9. The molecule has 1 unspecified atom stereocenters. The van der Waals surface area contributed by atoms with Crippen LogP contribution in [0.3, 0.4) is 0 Å². The summed E-state index contributed by atoms with van der Waals surface area (Å²) in [5.41, 5.74) is 3.31. The fourth-order valence-electron chi connectivity index (χ4n) is 4.28. The number of carboxylic acid groups (broad SMARTS) is 1. The summed E-state index contributed by atoms with van der Waals surface area (Å²) in [4.78, 5) is 43.5. The lowest BCUT2D eigenvalue weighted by Gasteiger charge is -2.23. The van der Waals surface area contributed by atoms with E-state index in [1.165, 1.54) is 4.90 Å². The van der Waals surface area contributed by atoms with Crippen molar-refractivity contribution in [3.8, 4) is 0 Å². The van der Waals surface area contributed by atoms with Crippen LogP contribution in [0.15, 0.2) is 61.1 Å². The molecule has 1 aliphatic heterocycles. The third kappa shape index (κ3) is 4.95. The van der Waals surface area contributed by atoms with Crippen LogP contribution in [-0.4, -0.2) is 45.5 Å². The van der Waals surface area contributed by atoms with Crippen molar-refractivity contribution >= 4 is 23.5 Å². The van der Waals surface area contributed by atoms with Gasteiger partial charge in [0.05, 0.1) is 18.4 Å². The third-order valence-electron chi connectivity index (χ3n) is 5.77. The number of nitrogens with zero attached hydrogens (tertiary/aromatic N) is 3. The predicted molar refractivity (Wildman–Crippen MR) is 123 cm³/mol. The monoisotopic (exact) mass is 446 g/mol. The fourth-order valence-corrected chi connectivity index (χ4v) is 4.28. The highest BCUT2D eigenvalue weighted by Crippen LogP contribution is 2.40. The summed E-state index contributed by atoms with van der Waals surface area (Å²) in [6.45, 7) is 2.98. The number of carboxylic acids is 1. The molecule has 0 aliphatic carbocycles. The van der Waals surface area contributed by atoms with Crippen molar-refractivity contribution in [3.63, 3.8) is 0 Å². The molecule has 1 aliphatic rings. The van der Waals surface area contributed by atoms with Crippen LogP contribution in [-0.2, 0) is 16.1 Å². The number of fused-ring (bicyclic) bond motifs is 2. The molecule has 1 atom stereocenters. The van der Waals surface area contributed by atoms with Gasteiger partial charge < -0.3 is 15.0 Å². The summed E-state index contributed by atoms with van der Waals surface area (Å²) in [6, 6.07) is 14.2. The van der Waals surface area contributed by atoms with Gasteiger partial charge in [0.2, 0.25) is 5.91 Å². The first-order valence-electron chi connectivity index (χ1n) is 10.9. The van der Waals surface area contributed by atoms with Crippen molar-refractivity contribution in [2.24, 2.45) is 0 Å². The Bertz CT molecular complexity index is 1190. The van der Waals surface area contributed by atoms with E-state index >= 15 is 0 Å². The largest absolute Gasteiger partial charge is 0.481 e. The molecule has 0 bridgehead atoms. The zero-order chi connectivity index (χ0) is 23.4. The lowest BCUT2D eigenvalue weighted by Crippen LogP contribution is -2.41. The van der Waals surface area contributed by atoms with Gasteiger partial charge in [0.15, 0.2) is 0 Å². The van der Waals surface area contributed by atoms with E-state index in [0.29, 0.717) is 23.4 Å². The molecule has 2 N–H and O–H groups in total. The van der Waals surface area contributed by atoms with E-state index < -0.39 is 11.9 Å². The van der Waals surface area contributed by atoms with Crippen molar-refractivity contribution in [3.05, 3.63) is 83.4 Å². The number of carbonyl (C=O) groups is 3. The van der Waals surface area contributed by atoms with Crippen molar-refractivity contribution in [2.45, 2.75) is 32.2 Å². The molecule has 0 saturated carbocycles. The molecule has 33 heavy (non-hydrogen) atoms. The van der Waals surface area contributed by atoms with Crippen LogP contribution in [0, 0.1) is 6.92 Å². The summed E-state index contributed by atoms with van der Waals surface area (Å²) in [7, 11) is 0. The van der Waals surface area contributed by atoms with Gasteiger partial charge in [-0.05, 0) is 36.6 Å². The highest BCUT2D eigenvalue weighted by molar-refractivity contribution is 6.11. The Morgan fingerprint density at radius 1 is 1.09 bits per heavy atom. The summed E-state index contributed by atoms with van der Waals surface area (Å²) in [6.07, 6.45) is 4.29. The molecule has 2 aromatic carbocycles. The number of rotatable bonds is 8. The van der Waals surface area contributed by atoms with E-state index in [1.807, 2.05) is 29.8 Å². The van der Waals surface area contributed by atoms with Crippen LogP contribution in [0.5, 0.6) is 0 Å². The number of carbonyl (C=O) groups excluding carboxylic acids is 2. The Labute approximate surface area is 191 Å². The van der Waals surface area contributed by atoms with Crippen LogP contribution in [0.25, 0.3) is 0 Å². The quantitative estimate of drug-likeness (QED) is 0.518. The SMILES string of the molecule is Cc1cn(CCCNC(=O)CN2C(=O)c3ccccc3C(CC(=O)O)c3ccccc32)cn1. The lowest BCUT2D eigenvalue weighted by atomic mass is 9.86. The van der Waals surface area contributed by atoms with Gasteiger partial charge in [0, 0.05) is 36.5 Å². The third-order valence-corrected chi connectivity index (χ3v) is 5.77. The van der Waals surface area contributed by atoms with Crippen molar-refractivity contribution < 1.29 is 19.5 Å². The molecule has 0 fully saturated rings. The molecule has 8 nitrogen and oxygen atoms in total. The number of benzene rings is 2. The van der Waals surface area contributed by atoms with Gasteiger partial charge in [0.25, 0.3) is 5.91 Å². The van der Waals surface area contributed by atoms with Gasteiger partial charge >= 0.3 is 5.97 Å². The maximum absolute atomic E-state index is 13.5. The second-order valence-electron chi connectivity index (χ2n) is 8.14. The summed E-state index contributed by atoms with van der Waals surface area (Å²) >= 11 is 0. The summed E-state index contributed by atoms with van der Waals surface area (Å²) in [5.74, 6) is -2.01. The Balaban J connectivity index is 1.54. The van der Waals surface area contributed by atoms with Crippen molar-refractivity contribution in [1.82, 2.24) is 14.9 Å². The van der Waals surface area contributed by atoms with E-state index in [9.17, 15) is 19.5 Å². The molecule has 0 spiro atoms. The molecule has 0 saturated heterocycles. The minimum absolute atomic E-state index is 0.144. The number of para-hydroxylation sites is 1.